The van der Waals surface area contributed by atoms with E-state index in [0.717, 1.165) is 56.5 Å². The molecule has 0 aromatic heterocycles. The zero-order chi connectivity index (χ0) is 21.8. The Hall–Kier alpha value is -1.10. The predicted molar refractivity (Wildman–Crippen MR) is 138 cm³/mol. The molecule has 1 fully saturated rings. The van der Waals surface area contributed by atoms with Gasteiger partial charge in [0, 0.05) is 65.0 Å². The predicted octanol–water partition coefficient (Wildman–Crippen LogP) is 3.05. The highest BCUT2D eigenvalue weighted by Gasteiger charge is 2.23. The van der Waals surface area contributed by atoms with Crippen LogP contribution in [0.1, 0.15) is 31.4 Å². The lowest BCUT2D eigenvalue weighted by Gasteiger charge is -2.37. The topological polar surface area (TPSA) is 67.4 Å². The number of nitrogens with zero attached hydrogens (tertiary/aromatic N) is 2. The summed E-state index contributed by atoms with van der Waals surface area (Å²) in [6.07, 6.45) is 0.874. The summed E-state index contributed by atoms with van der Waals surface area (Å²) in [4.78, 5) is 6.92. The highest BCUT2D eigenvalue weighted by Crippen LogP contribution is 2.20. The Kier molecular flexibility index (Phi) is 14.1. The van der Waals surface area contributed by atoms with E-state index >= 15 is 0 Å². The number of ether oxygens (including phenoxy) is 3. The van der Waals surface area contributed by atoms with E-state index in [1.54, 1.807) is 7.11 Å². The van der Waals surface area contributed by atoms with Crippen molar-refractivity contribution in [3.05, 3.63) is 29.3 Å². The van der Waals surface area contributed by atoms with Crippen molar-refractivity contribution in [3.63, 3.8) is 0 Å². The molecule has 7 nitrogen and oxygen atoms in total. The zero-order valence-electron chi connectivity index (χ0n) is 19.8. The minimum absolute atomic E-state index is 0. The largest absolute Gasteiger partial charge is 0.493 e. The van der Waals surface area contributed by atoms with Crippen LogP contribution in [0, 0.1) is 12.8 Å². The first kappa shape index (κ1) is 27.9. The summed E-state index contributed by atoms with van der Waals surface area (Å²) in [5.74, 6) is 2.28. The Morgan fingerprint density at radius 3 is 2.58 bits per heavy atom. The summed E-state index contributed by atoms with van der Waals surface area (Å²) in [6, 6.07) is 6.77. The van der Waals surface area contributed by atoms with Gasteiger partial charge in [-0.25, -0.2) is 0 Å². The number of halogens is 1. The number of rotatable bonds is 11. The number of guanidine groups is 1. The summed E-state index contributed by atoms with van der Waals surface area (Å²) >= 11 is 0. The van der Waals surface area contributed by atoms with Gasteiger partial charge in [0.1, 0.15) is 5.75 Å². The molecule has 1 heterocycles. The summed E-state index contributed by atoms with van der Waals surface area (Å²) in [5.41, 5.74) is 2.31. The standard InChI is InChI=1S/C23H40N4O3.HI/c1-18(2)21(27-9-13-29-14-10-27)17-26-23(24-4)25-16-20-8-7-19(3)15-22(20)30-12-6-11-28-5;/h7-8,15,18,21H,6,9-14,16-17H2,1-5H3,(H2,24,25,26);1H. The molecule has 2 rings (SSSR count). The molecule has 1 unspecified atom stereocenters. The van der Waals surface area contributed by atoms with E-state index in [-0.39, 0.29) is 24.0 Å². The third kappa shape index (κ3) is 9.93. The molecule has 2 N–H and O–H groups in total. The molecule has 0 bridgehead atoms. The number of aliphatic imine (C=N–C) groups is 1. The van der Waals surface area contributed by atoms with E-state index in [0.29, 0.717) is 31.7 Å². The van der Waals surface area contributed by atoms with E-state index in [1.165, 1.54) is 5.56 Å². The number of hydrogen-bond acceptors (Lipinski definition) is 5. The quantitative estimate of drug-likeness (QED) is 0.192. The van der Waals surface area contributed by atoms with E-state index < -0.39 is 0 Å². The van der Waals surface area contributed by atoms with Gasteiger partial charge in [0.05, 0.1) is 19.8 Å². The highest BCUT2D eigenvalue weighted by molar-refractivity contribution is 14.0. The van der Waals surface area contributed by atoms with Crippen molar-refractivity contribution in [2.45, 2.75) is 39.8 Å². The number of methoxy groups -OCH3 is 1. The SMILES string of the molecule is CN=C(NCc1ccc(C)cc1OCCCOC)NCC(C(C)C)N1CCOCC1.I. The molecule has 1 atom stereocenters. The van der Waals surface area contributed by atoms with Gasteiger partial charge in [-0.15, -0.1) is 24.0 Å². The number of nitrogens with one attached hydrogen (secondary N) is 2. The third-order valence-corrected chi connectivity index (χ3v) is 5.41. The van der Waals surface area contributed by atoms with Crippen LogP contribution in [-0.4, -0.2) is 77.1 Å². The minimum Gasteiger partial charge on any atom is -0.493 e. The maximum atomic E-state index is 6.00. The maximum absolute atomic E-state index is 6.00. The number of aryl methyl sites for hydroxylation is 1. The number of hydrogen-bond donors (Lipinski definition) is 2. The molecule has 31 heavy (non-hydrogen) atoms. The van der Waals surface area contributed by atoms with Crippen LogP contribution in [0.2, 0.25) is 0 Å². The summed E-state index contributed by atoms with van der Waals surface area (Å²) in [5, 5.41) is 6.94. The molecule has 8 heteroatoms. The normalized spacial score (nSPS) is 16.0. The molecule has 1 saturated heterocycles. The Labute approximate surface area is 205 Å². The first-order valence-electron chi connectivity index (χ1n) is 11.0. The minimum atomic E-state index is 0. The Balaban J connectivity index is 0.00000480. The van der Waals surface area contributed by atoms with Gasteiger partial charge in [0.15, 0.2) is 5.96 Å². The lowest BCUT2D eigenvalue weighted by molar-refractivity contribution is 0.00752. The zero-order valence-corrected chi connectivity index (χ0v) is 22.1. The van der Waals surface area contributed by atoms with Crippen LogP contribution in [0.25, 0.3) is 0 Å². The van der Waals surface area contributed by atoms with Crippen LogP contribution >= 0.6 is 24.0 Å². The van der Waals surface area contributed by atoms with Gasteiger partial charge in [-0.05, 0) is 24.5 Å². The van der Waals surface area contributed by atoms with E-state index in [2.05, 4.69) is 59.5 Å². The molecule has 178 valence electrons. The van der Waals surface area contributed by atoms with Crippen molar-refractivity contribution in [2.24, 2.45) is 10.9 Å². The van der Waals surface area contributed by atoms with E-state index in [4.69, 9.17) is 14.2 Å². The van der Waals surface area contributed by atoms with Gasteiger partial charge in [0.25, 0.3) is 0 Å². The molecule has 1 aromatic carbocycles. The highest BCUT2D eigenvalue weighted by atomic mass is 127. The van der Waals surface area contributed by atoms with Gasteiger partial charge >= 0.3 is 0 Å². The molecule has 1 aliphatic rings. The lowest BCUT2D eigenvalue weighted by atomic mass is 10.0. The van der Waals surface area contributed by atoms with Gasteiger partial charge in [0.2, 0.25) is 0 Å². The van der Waals surface area contributed by atoms with Crippen LogP contribution in [-0.2, 0) is 16.0 Å². The summed E-state index contributed by atoms with van der Waals surface area (Å²) in [6.45, 7) is 13.1. The van der Waals surface area contributed by atoms with Crippen LogP contribution in [0.4, 0.5) is 0 Å². The number of morpholine rings is 1. The maximum Gasteiger partial charge on any atom is 0.191 e. The second kappa shape index (κ2) is 15.7. The van der Waals surface area contributed by atoms with Crippen LogP contribution in [0.3, 0.4) is 0 Å². The van der Waals surface area contributed by atoms with Crippen molar-refractivity contribution in [2.75, 3.05) is 60.2 Å². The Bertz CT molecular complexity index is 652. The van der Waals surface area contributed by atoms with Crippen molar-refractivity contribution < 1.29 is 14.2 Å². The molecule has 0 aliphatic carbocycles. The second-order valence-corrected chi connectivity index (χ2v) is 8.07. The molecule has 1 aliphatic heterocycles. The summed E-state index contributed by atoms with van der Waals surface area (Å²) < 4.78 is 16.6. The lowest BCUT2D eigenvalue weighted by Crippen LogP contribution is -2.52. The third-order valence-electron chi connectivity index (χ3n) is 5.41. The van der Waals surface area contributed by atoms with E-state index in [1.807, 2.05) is 7.05 Å². The molecule has 1 aromatic rings. The molecule has 0 spiro atoms. The fourth-order valence-electron chi connectivity index (χ4n) is 3.62. The fourth-order valence-corrected chi connectivity index (χ4v) is 3.62. The average Bonchev–Trinajstić information content (AvgIpc) is 2.75. The molecule has 0 radical (unpaired) electrons. The first-order valence-corrected chi connectivity index (χ1v) is 11.0. The monoisotopic (exact) mass is 548 g/mol. The van der Waals surface area contributed by atoms with Gasteiger partial charge < -0.3 is 24.8 Å². The van der Waals surface area contributed by atoms with Crippen molar-refractivity contribution in [1.29, 1.82) is 0 Å². The van der Waals surface area contributed by atoms with Gasteiger partial charge in [-0.2, -0.15) is 0 Å². The molecule has 0 amide bonds. The first-order chi connectivity index (χ1) is 14.5. The second-order valence-electron chi connectivity index (χ2n) is 8.07. The van der Waals surface area contributed by atoms with Crippen LogP contribution in [0.5, 0.6) is 5.75 Å². The van der Waals surface area contributed by atoms with Crippen molar-refractivity contribution in [3.8, 4) is 5.75 Å². The van der Waals surface area contributed by atoms with Crippen molar-refractivity contribution in [1.82, 2.24) is 15.5 Å². The van der Waals surface area contributed by atoms with Crippen LogP contribution in [0.15, 0.2) is 23.2 Å². The smallest absolute Gasteiger partial charge is 0.191 e. The molecular formula is C23H41IN4O3. The summed E-state index contributed by atoms with van der Waals surface area (Å²) in [7, 11) is 3.52. The van der Waals surface area contributed by atoms with Crippen LogP contribution < -0.4 is 15.4 Å². The fraction of sp³-hybridized carbons (Fsp3) is 0.696. The van der Waals surface area contributed by atoms with Gasteiger partial charge in [-0.3, -0.25) is 9.89 Å². The Morgan fingerprint density at radius 1 is 1.19 bits per heavy atom. The van der Waals surface area contributed by atoms with E-state index in [9.17, 15) is 0 Å². The Morgan fingerprint density at radius 2 is 1.94 bits per heavy atom. The molecular weight excluding hydrogens is 507 g/mol. The van der Waals surface area contributed by atoms with Gasteiger partial charge in [-0.1, -0.05) is 26.0 Å². The molecule has 0 saturated carbocycles. The average molecular weight is 549 g/mol. The van der Waals surface area contributed by atoms with Crippen molar-refractivity contribution >= 4 is 29.9 Å². The number of benzene rings is 1.